The monoisotopic (exact) mass is 585 g/mol. The van der Waals surface area contributed by atoms with Gasteiger partial charge >= 0.3 is 0 Å². The first-order valence-corrected chi connectivity index (χ1v) is 15.4. The maximum atomic E-state index is 7.03. The maximum absolute atomic E-state index is 7.03. The van der Waals surface area contributed by atoms with E-state index in [1.165, 1.54) is 28.8 Å². The molecule has 2 saturated heterocycles. The molecule has 0 spiro atoms. The van der Waals surface area contributed by atoms with Crippen molar-refractivity contribution in [3.63, 3.8) is 0 Å². The number of benzene rings is 2. The van der Waals surface area contributed by atoms with Crippen molar-refractivity contribution in [3.8, 4) is 0 Å². The van der Waals surface area contributed by atoms with Crippen LogP contribution in [0.3, 0.4) is 0 Å². The Labute approximate surface area is 255 Å². The largest absolute Gasteiger partial charge is 0.370 e. The Kier molecular flexibility index (Phi) is 7.27. The van der Waals surface area contributed by atoms with Crippen LogP contribution in [0.4, 0.5) is 17.1 Å². The highest BCUT2D eigenvalue weighted by Gasteiger charge is 2.41. The summed E-state index contributed by atoms with van der Waals surface area (Å²) in [5.41, 5.74) is 7.98. The summed E-state index contributed by atoms with van der Waals surface area (Å²) in [4.78, 5) is 11.8. The third-order valence-corrected chi connectivity index (χ3v) is 9.72. The molecule has 41 heavy (non-hydrogen) atoms. The Balaban J connectivity index is 1.42. The zero-order chi connectivity index (χ0) is 29.1. The van der Waals surface area contributed by atoms with E-state index in [0.717, 1.165) is 35.2 Å². The third-order valence-electron chi connectivity index (χ3n) is 9.10. The molecule has 214 valence electrons. The fraction of sp³-hybridized carbons (Fsp3) is 0.412. The zero-order valence-corrected chi connectivity index (χ0v) is 26.4. The smallest absolute Gasteiger partial charge is 0.174 e. The Morgan fingerprint density at radius 2 is 1.73 bits per heavy atom. The fourth-order valence-corrected chi connectivity index (χ4v) is 7.73. The van der Waals surface area contributed by atoms with Crippen molar-refractivity contribution < 1.29 is 0 Å². The summed E-state index contributed by atoms with van der Waals surface area (Å²) in [6.07, 6.45) is 5.47. The van der Waals surface area contributed by atoms with Crippen LogP contribution in [0.25, 0.3) is 5.57 Å². The standard InChI is InChI=1S/C34H40ClN5S/c1-21-15-22(2)20-39(19-21)30-13-11-25(17-27(30)35)40-32(31(37-33(40)41)28-9-7-8-14-36-28)24-10-12-29-26(16-24)23(3)18-34(4,5)38(29)6/h7-14,16-18,21-22,31-32H,15,19-20H2,1-6H3,(H,37,41). The van der Waals surface area contributed by atoms with Crippen molar-refractivity contribution in [1.29, 1.82) is 0 Å². The van der Waals surface area contributed by atoms with E-state index in [2.05, 4.69) is 110 Å². The van der Waals surface area contributed by atoms with Gasteiger partial charge in [0.25, 0.3) is 0 Å². The van der Waals surface area contributed by atoms with Crippen LogP contribution < -0.4 is 20.0 Å². The Hall–Kier alpha value is -3.09. The molecule has 6 rings (SSSR count). The molecule has 3 aliphatic heterocycles. The number of thiocarbonyl (C=S) groups is 1. The molecule has 2 aromatic carbocycles. The van der Waals surface area contributed by atoms with Crippen LogP contribution in [-0.4, -0.2) is 35.8 Å². The van der Waals surface area contributed by atoms with Crippen molar-refractivity contribution in [2.24, 2.45) is 11.8 Å². The second-order valence-corrected chi connectivity index (χ2v) is 13.6. The van der Waals surface area contributed by atoms with E-state index in [-0.39, 0.29) is 17.6 Å². The topological polar surface area (TPSA) is 34.6 Å². The second kappa shape index (κ2) is 10.6. The molecule has 0 bridgehead atoms. The van der Waals surface area contributed by atoms with Crippen molar-refractivity contribution in [3.05, 3.63) is 88.7 Å². The highest BCUT2D eigenvalue weighted by atomic mass is 35.5. The lowest BCUT2D eigenvalue weighted by atomic mass is 9.86. The Morgan fingerprint density at radius 1 is 1.00 bits per heavy atom. The van der Waals surface area contributed by atoms with E-state index in [9.17, 15) is 0 Å². The summed E-state index contributed by atoms with van der Waals surface area (Å²) in [6, 6.07) is 19.1. The molecule has 1 N–H and O–H groups in total. The number of aromatic nitrogens is 1. The summed E-state index contributed by atoms with van der Waals surface area (Å²) < 4.78 is 0. The first-order valence-electron chi connectivity index (χ1n) is 14.7. The molecule has 3 aliphatic rings. The maximum Gasteiger partial charge on any atom is 0.174 e. The van der Waals surface area contributed by atoms with Gasteiger partial charge in [-0.2, -0.15) is 0 Å². The van der Waals surface area contributed by atoms with Crippen molar-refractivity contribution in [2.75, 3.05) is 34.8 Å². The van der Waals surface area contributed by atoms with Crippen LogP contribution in [0.1, 0.15) is 69.9 Å². The lowest BCUT2D eigenvalue weighted by molar-refractivity contribution is 0.357. The molecule has 1 aromatic heterocycles. The first kappa shape index (κ1) is 28.0. The van der Waals surface area contributed by atoms with Crippen LogP contribution in [0.5, 0.6) is 0 Å². The van der Waals surface area contributed by atoms with Gasteiger partial charge in [0.05, 0.1) is 34.0 Å². The van der Waals surface area contributed by atoms with Crippen molar-refractivity contribution in [1.82, 2.24) is 10.3 Å². The Bertz CT molecular complexity index is 1490. The van der Waals surface area contributed by atoms with Gasteiger partial charge in [-0.3, -0.25) is 4.98 Å². The molecular weight excluding hydrogens is 546 g/mol. The molecule has 4 unspecified atom stereocenters. The summed E-state index contributed by atoms with van der Waals surface area (Å²) in [5.74, 6) is 1.30. The minimum Gasteiger partial charge on any atom is -0.370 e. The van der Waals surface area contributed by atoms with Crippen LogP contribution in [0, 0.1) is 11.8 Å². The summed E-state index contributed by atoms with van der Waals surface area (Å²) in [7, 11) is 2.17. The zero-order valence-electron chi connectivity index (χ0n) is 24.9. The summed E-state index contributed by atoms with van der Waals surface area (Å²) in [5, 5.41) is 5.05. The SMILES string of the molecule is CC1=CC(C)(C)N(C)c2ccc(C3C(c4ccccn4)NC(=S)N3c3ccc(N4CC(C)CC(C)C4)c(Cl)c3)cc21. The third kappa shape index (κ3) is 5.10. The van der Waals surface area contributed by atoms with Crippen LogP contribution >= 0.6 is 23.8 Å². The number of nitrogens with zero attached hydrogens (tertiary/aromatic N) is 4. The number of piperidine rings is 1. The number of hydrogen-bond acceptors (Lipinski definition) is 4. The highest BCUT2D eigenvalue weighted by Crippen LogP contribution is 2.46. The highest BCUT2D eigenvalue weighted by molar-refractivity contribution is 7.80. The first-order chi connectivity index (χ1) is 19.5. The van der Waals surface area contributed by atoms with Gasteiger partial charge in [0.2, 0.25) is 0 Å². The number of fused-ring (bicyclic) bond motifs is 1. The van der Waals surface area contributed by atoms with Gasteiger partial charge in [0, 0.05) is 43.3 Å². The molecule has 0 saturated carbocycles. The van der Waals surface area contributed by atoms with Crippen molar-refractivity contribution >= 4 is 51.6 Å². The van der Waals surface area contributed by atoms with Crippen LogP contribution in [0.2, 0.25) is 5.02 Å². The number of likely N-dealkylation sites (N-methyl/N-ethyl adjacent to an activating group) is 1. The lowest BCUT2D eigenvalue weighted by Gasteiger charge is -2.41. The van der Waals surface area contributed by atoms with Crippen LogP contribution in [0.15, 0.2) is 66.9 Å². The predicted molar refractivity (Wildman–Crippen MR) is 177 cm³/mol. The number of allylic oxidation sites excluding steroid dienone is 1. The van der Waals surface area contributed by atoms with E-state index in [1.807, 2.05) is 18.3 Å². The van der Waals surface area contributed by atoms with Crippen molar-refractivity contribution in [2.45, 2.75) is 58.7 Å². The molecule has 5 nitrogen and oxygen atoms in total. The normalized spacial score (nSPS) is 25.6. The number of nitrogens with one attached hydrogen (secondary N) is 1. The summed E-state index contributed by atoms with van der Waals surface area (Å²) >= 11 is 13.0. The van der Waals surface area contributed by atoms with E-state index in [1.54, 1.807) is 0 Å². The van der Waals surface area contributed by atoms with Crippen LogP contribution in [-0.2, 0) is 0 Å². The van der Waals surface area contributed by atoms with Gasteiger partial charge in [0.15, 0.2) is 5.11 Å². The number of hydrogen-bond donors (Lipinski definition) is 1. The minimum atomic E-state index is -0.106. The van der Waals surface area contributed by atoms with E-state index < -0.39 is 0 Å². The van der Waals surface area contributed by atoms with E-state index >= 15 is 0 Å². The van der Waals surface area contributed by atoms with E-state index in [4.69, 9.17) is 28.8 Å². The van der Waals surface area contributed by atoms with Gasteiger partial charge in [0.1, 0.15) is 0 Å². The quantitative estimate of drug-likeness (QED) is 0.312. The average molecular weight is 586 g/mol. The molecule has 0 amide bonds. The second-order valence-electron chi connectivity index (χ2n) is 12.8. The lowest BCUT2D eigenvalue weighted by Crippen LogP contribution is -2.42. The Morgan fingerprint density at radius 3 is 2.41 bits per heavy atom. The number of rotatable bonds is 4. The van der Waals surface area contributed by atoms with Gasteiger partial charge in [-0.15, -0.1) is 0 Å². The molecule has 4 atom stereocenters. The molecule has 3 aromatic rings. The van der Waals surface area contributed by atoms with E-state index in [0.29, 0.717) is 16.9 Å². The molecule has 7 heteroatoms. The van der Waals surface area contributed by atoms with Gasteiger partial charge < -0.3 is 20.0 Å². The molecule has 2 fully saturated rings. The molecule has 0 radical (unpaired) electrons. The molecule has 4 heterocycles. The number of pyridine rings is 1. The average Bonchev–Trinajstić information content (AvgIpc) is 3.28. The minimum absolute atomic E-state index is 0.0416. The van der Waals surface area contributed by atoms with Gasteiger partial charge in [-0.1, -0.05) is 43.7 Å². The summed E-state index contributed by atoms with van der Waals surface area (Å²) in [6.45, 7) is 13.4. The number of halogens is 1. The molecular formula is C34H40ClN5S. The molecule has 0 aliphatic carbocycles. The predicted octanol–water partition coefficient (Wildman–Crippen LogP) is 8.03. The van der Waals surface area contributed by atoms with Gasteiger partial charge in [-0.05, 0) is 105 Å². The number of anilines is 3. The fourth-order valence-electron chi connectivity index (χ4n) is 7.09. The van der Waals surface area contributed by atoms with Gasteiger partial charge in [-0.25, -0.2) is 0 Å².